The molecule has 1 fully saturated rings. The quantitative estimate of drug-likeness (QED) is 0.807. The summed E-state index contributed by atoms with van der Waals surface area (Å²) < 4.78 is 11.2. The molecule has 86 valence electrons. The molecule has 0 aliphatic carbocycles. The summed E-state index contributed by atoms with van der Waals surface area (Å²) in [6.07, 6.45) is 1.55. The first-order valence-corrected chi connectivity index (χ1v) is 6.45. The Balaban J connectivity index is 2.10. The highest BCUT2D eigenvalue weighted by molar-refractivity contribution is 7.85. The third-order valence-electron chi connectivity index (χ3n) is 2.51. The fourth-order valence-electron chi connectivity index (χ4n) is 1.60. The second-order valence-electron chi connectivity index (χ2n) is 3.54. The molecule has 2 rings (SSSR count). The number of carbonyl (C=O) groups is 1. The number of carboxylic acids is 1. The average molecular weight is 240 g/mol. The third-order valence-corrected chi connectivity index (χ3v) is 3.79. The van der Waals surface area contributed by atoms with Crippen molar-refractivity contribution in [1.29, 1.82) is 0 Å². The first-order valence-electron chi connectivity index (χ1n) is 4.96. The van der Waals surface area contributed by atoms with Crippen LogP contribution in [-0.2, 0) is 10.8 Å². The van der Waals surface area contributed by atoms with Gasteiger partial charge in [0.2, 0.25) is 0 Å². The van der Waals surface area contributed by atoms with Crippen molar-refractivity contribution in [2.24, 2.45) is 0 Å². The minimum atomic E-state index is -1.02. The highest BCUT2D eigenvalue weighted by Crippen LogP contribution is 2.15. The van der Waals surface area contributed by atoms with Gasteiger partial charge in [-0.3, -0.25) is 4.21 Å². The Morgan fingerprint density at radius 2 is 2.06 bits per heavy atom. The van der Waals surface area contributed by atoms with Crippen LogP contribution >= 0.6 is 0 Å². The van der Waals surface area contributed by atoms with Crippen LogP contribution in [0.2, 0.25) is 0 Å². The Morgan fingerprint density at radius 3 is 2.56 bits per heavy atom. The molecule has 1 aliphatic rings. The van der Waals surface area contributed by atoms with E-state index in [1.54, 1.807) is 12.3 Å². The van der Waals surface area contributed by atoms with E-state index in [0.717, 1.165) is 18.8 Å². The van der Waals surface area contributed by atoms with Gasteiger partial charge in [0.15, 0.2) is 0 Å². The number of pyridine rings is 1. The number of hydrogen-bond acceptors (Lipinski definition) is 4. The molecule has 1 N–H and O–H groups in total. The van der Waals surface area contributed by atoms with E-state index in [1.807, 2.05) is 0 Å². The Morgan fingerprint density at radius 1 is 1.38 bits per heavy atom. The average Bonchev–Trinajstić information content (AvgIpc) is 2.30. The smallest absolute Gasteiger partial charge is 0.354 e. The standard InChI is InChI=1S/C10H12N2O3S/c13-10(14)9-2-1-8(7-11-9)12-3-5-16(15)6-4-12/h1-2,7H,3-6H2,(H,13,14). The molecule has 0 saturated carbocycles. The lowest BCUT2D eigenvalue weighted by atomic mass is 10.3. The maximum Gasteiger partial charge on any atom is 0.354 e. The maximum absolute atomic E-state index is 11.2. The summed E-state index contributed by atoms with van der Waals surface area (Å²) in [5.41, 5.74) is 0.936. The first-order chi connectivity index (χ1) is 7.66. The van der Waals surface area contributed by atoms with E-state index in [2.05, 4.69) is 9.88 Å². The largest absolute Gasteiger partial charge is 0.477 e. The van der Waals surface area contributed by atoms with Gasteiger partial charge in [0.05, 0.1) is 11.9 Å². The molecule has 1 saturated heterocycles. The van der Waals surface area contributed by atoms with Crippen LogP contribution in [0, 0.1) is 0 Å². The van der Waals surface area contributed by atoms with Crippen LogP contribution in [0.3, 0.4) is 0 Å². The Hall–Kier alpha value is -1.43. The molecular weight excluding hydrogens is 228 g/mol. The molecule has 1 aliphatic heterocycles. The maximum atomic E-state index is 11.2. The van der Waals surface area contributed by atoms with Gasteiger partial charge in [-0.05, 0) is 12.1 Å². The van der Waals surface area contributed by atoms with Gasteiger partial charge >= 0.3 is 5.97 Å². The van der Waals surface area contributed by atoms with Crippen molar-refractivity contribution in [2.75, 3.05) is 29.5 Å². The lowest BCUT2D eigenvalue weighted by Crippen LogP contribution is -2.37. The molecule has 0 amide bonds. The van der Waals surface area contributed by atoms with E-state index in [4.69, 9.17) is 5.11 Å². The van der Waals surface area contributed by atoms with Gasteiger partial charge in [-0.2, -0.15) is 0 Å². The number of hydrogen-bond donors (Lipinski definition) is 1. The monoisotopic (exact) mass is 240 g/mol. The molecule has 0 radical (unpaired) electrons. The lowest BCUT2D eigenvalue weighted by Gasteiger charge is -2.27. The van der Waals surface area contributed by atoms with Crippen molar-refractivity contribution in [3.8, 4) is 0 Å². The predicted molar refractivity (Wildman–Crippen MR) is 61.3 cm³/mol. The van der Waals surface area contributed by atoms with Crippen molar-refractivity contribution in [2.45, 2.75) is 0 Å². The molecule has 16 heavy (non-hydrogen) atoms. The van der Waals surface area contributed by atoms with Crippen molar-refractivity contribution in [1.82, 2.24) is 4.98 Å². The Labute approximate surface area is 95.6 Å². The molecule has 6 heteroatoms. The minimum absolute atomic E-state index is 0.0457. The molecule has 0 unspecified atom stereocenters. The van der Waals surface area contributed by atoms with Crippen LogP contribution in [0.25, 0.3) is 0 Å². The van der Waals surface area contributed by atoms with E-state index in [0.29, 0.717) is 11.5 Å². The topological polar surface area (TPSA) is 70.5 Å². The molecular formula is C10H12N2O3S. The molecule has 1 aromatic rings. The van der Waals surface area contributed by atoms with Crippen molar-refractivity contribution in [3.63, 3.8) is 0 Å². The van der Waals surface area contributed by atoms with E-state index in [1.165, 1.54) is 6.07 Å². The molecule has 0 aromatic carbocycles. The zero-order chi connectivity index (χ0) is 11.5. The second-order valence-corrected chi connectivity index (χ2v) is 5.24. The van der Waals surface area contributed by atoms with E-state index >= 15 is 0 Å². The molecule has 0 bridgehead atoms. The van der Waals surface area contributed by atoms with Gasteiger partial charge in [-0.25, -0.2) is 9.78 Å². The first kappa shape index (κ1) is 11.1. The number of rotatable bonds is 2. The predicted octanol–water partition coefficient (Wildman–Crippen LogP) is 0.349. The van der Waals surface area contributed by atoms with Gasteiger partial charge in [-0.15, -0.1) is 0 Å². The number of carboxylic acid groups (broad SMARTS) is 1. The molecule has 1 aromatic heterocycles. The van der Waals surface area contributed by atoms with Crippen LogP contribution in [0.15, 0.2) is 18.3 Å². The normalized spacial score (nSPS) is 17.4. The van der Waals surface area contributed by atoms with E-state index < -0.39 is 16.8 Å². The van der Waals surface area contributed by atoms with Crippen LogP contribution in [-0.4, -0.2) is 44.9 Å². The van der Waals surface area contributed by atoms with E-state index in [-0.39, 0.29) is 5.69 Å². The fraction of sp³-hybridized carbons (Fsp3) is 0.400. The highest BCUT2D eigenvalue weighted by atomic mass is 32.2. The summed E-state index contributed by atoms with van der Waals surface area (Å²) >= 11 is 0. The van der Waals surface area contributed by atoms with Crippen molar-refractivity contribution in [3.05, 3.63) is 24.0 Å². The van der Waals surface area contributed by atoms with Gasteiger partial charge in [0, 0.05) is 35.4 Å². The third kappa shape index (κ3) is 2.38. The van der Waals surface area contributed by atoms with Crippen LogP contribution in [0.5, 0.6) is 0 Å². The summed E-state index contributed by atoms with van der Waals surface area (Å²) in [7, 11) is -0.703. The number of anilines is 1. The summed E-state index contributed by atoms with van der Waals surface area (Å²) in [5, 5.41) is 8.70. The molecule has 5 nitrogen and oxygen atoms in total. The van der Waals surface area contributed by atoms with Gasteiger partial charge in [-0.1, -0.05) is 0 Å². The van der Waals surface area contributed by atoms with Crippen molar-refractivity contribution >= 4 is 22.5 Å². The number of aromatic carboxylic acids is 1. The minimum Gasteiger partial charge on any atom is -0.477 e. The number of aromatic nitrogens is 1. The summed E-state index contributed by atoms with van der Waals surface area (Å²) in [6, 6.07) is 3.23. The van der Waals surface area contributed by atoms with Crippen molar-refractivity contribution < 1.29 is 14.1 Å². The molecule has 0 atom stereocenters. The zero-order valence-electron chi connectivity index (χ0n) is 8.63. The highest BCUT2D eigenvalue weighted by Gasteiger charge is 2.16. The van der Waals surface area contributed by atoms with Crippen LogP contribution < -0.4 is 4.90 Å². The zero-order valence-corrected chi connectivity index (χ0v) is 9.44. The molecule has 0 spiro atoms. The summed E-state index contributed by atoms with van der Waals surface area (Å²) in [4.78, 5) is 16.5. The molecule has 2 heterocycles. The lowest BCUT2D eigenvalue weighted by molar-refractivity contribution is 0.0690. The Kier molecular flexibility index (Phi) is 3.19. The SMILES string of the molecule is O=C(O)c1ccc(N2CCS(=O)CC2)cn1. The van der Waals surface area contributed by atoms with Crippen LogP contribution in [0.1, 0.15) is 10.5 Å². The van der Waals surface area contributed by atoms with Gasteiger partial charge in [0.25, 0.3) is 0 Å². The fourth-order valence-corrected chi connectivity index (χ4v) is 2.65. The van der Waals surface area contributed by atoms with Gasteiger partial charge in [0.1, 0.15) is 5.69 Å². The second kappa shape index (κ2) is 4.61. The Bertz CT molecular complexity index is 409. The van der Waals surface area contributed by atoms with Crippen LogP contribution in [0.4, 0.5) is 5.69 Å². The summed E-state index contributed by atoms with van der Waals surface area (Å²) in [6.45, 7) is 1.47. The number of nitrogens with zero attached hydrogens (tertiary/aromatic N) is 2. The van der Waals surface area contributed by atoms with E-state index in [9.17, 15) is 9.00 Å². The summed E-state index contributed by atoms with van der Waals surface area (Å²) in [5.74, 6) is 0.313. The van der Waals surface area contributed by atoms with Gasteiger partial charge < -0.3 is 10.0 Å².